The van der Waals surface area contributed by atoms with E-state index in [0.717, 1.165) is 16.9 Å². The second-order valence-electron chi connectivity index (χ2n) is 5.96. The lowest BCUT2D eigenvalue weighted by Gasteiger charge is -2.43. The molecular formula is C20H18N2OS. The van der Waals surface area contributed by atoms with Gasteiger partial charge in [0.25, 0.3) is 5.91 Å². The number of rotatable bonds is 2. The number of carbonyl (C=O) groups excluding carboxylic acids is 1. The van der Waals surface area contributed by atoms with Crippen LogP contribution in [0.25, 0.3) is 0 Å². The molecule has 24 heavy (non-hydrogen) atoms. The minimum atomic E-state index is -0.131. The third-order valence-electron chi connectivity index (χ3n) is 4.39. The van der Waals surface area contributed by atoms with Gasteiger partial charge in [-0.15, -0.1) is 11.3 Å². The largest absolute Gasteiger partial charge is 0.349 e. The molecule has 2 aromatic carbocycles. The Bertz CT molecular complexity index is 887. The zero-order valence-corrected chi connectivity index (χ0v) is 14.5. The SMILES string of the molecule is Cc1ccc([C@@H]2N(C)c3ccccc3C(=O)N2c2ccccc2)s1. The highest BCUT2D eigenvalue weighted by Gasteiger charge is 2.38. The van der Waals surface area contributed by atoms with Crippen molar-refractivity contribution in [2.45, 2.75) is 13.1 Å². The fraction of sp³-hybridized carbons (Fsp3) is 0.150. The van der Waals surface area contributed by atoms with Crippen LogP contribution in [0.5, 0.6) is 0 Å². The first-order valence-electron chi connectivity index (χ1n) is 7.93. The zero-order chi connectivity index (χ0) is 16.7. The van der Waals surface area contributed by atoms with Crippen molar-refractivity contribution in [3.63, 3.8) is 0 Å². The second kappa shape index (κ2) is 5.80. The van der Waals surface area contributed by atoms with Gasteiger partial charge in [0.15, 0.2) is 0 Å². The van der Waals surface area contributed by atoms with Crippen LogP contribution in [-0.2, 0) is 0 Å². The molecule has 1 atom stereocenters. The standard InChI is InChI=1S/C20H18N2OS/c1-14-12-13-18(24-14)19-21(2)17-11-7-6-10-16(17)20(23)22(19)15-8-4-3-5-9-15/h3-13,19H,1-2H3/t19-/m1/s1. The maximum Gasteiger partial charge on any atom is 0.262 e. The highest BCUT2D eigenvalue weighted by molar-refractivity contribution is 7.12. The van der Waals surface area contributed by atoms with E-state index in [0.29, 0.717) is 0 Å². The van der Waals surface area contributed by atoms with Crippen molar-refractivity contribution in [1.29, 1.82) is 0 Å². The molecule has 0 N–H and O–H groups in total. The molecule has 0 saturated carbocycles. The van der Waals surface area contributed by atoms with Crippen molar-refractivity contribution in [2.24, 2.45) is 0 Å². The molecule has 0 radical (unpaired) electrons. The number of amides is 1. The Hall–Kier alpha value is -2.59. The van der Waals surface area contributed by atoms with Crippen LogP contribution < -0.4 is 9.80 Å². The van der Waals surface area contributed by atoms with E-state index in [1.54, 1.807) is 11.3 Å². The fourth-order valence-corrected chi connectivity index (χ4v) is 4.28. The topological polar surface area (TPSA) is 23.6 Å². The summed E-state index contributed by atoms with van der Waals surface area (Å²) in [5, 5.41) is 0. The molecule has 1 aliphatic rings. The van der Waals surface area contributed by atoms with Gasteiger partial charge in [0.2, 0.25) is 0 Å². The van der Waals surface area contributed by atoms with Gasteiger partial charge in [0.05, 0.1) is 11.3 Å². The summed E-state index contributed by atoms with van der Waals surface area (Å²) in [6.45, 7) is 2.10. The summed E-state index contributed by atoms with van der Waals surface area (Å²) in [7, 11) is 2.06. The third-order valence-corrected chi connectivity index (χ3v) is 5.44. The van der Waals surface area contributed by atoms with Gasteiger partial charge < -0.3 is 4.90 Å². The van der Waals surface area contributed by atoms with Crippen molar-refractivity contribution in [3.8, 4) is 0 Å². The Morgan fingerprint density at radius 3 is 2.33 bits per heavy atom. The quantitative estimate of drug-likeness (QED) is 0.669. The molecule has 1 amide bonds. The van der Waals surface area contributed by atoms with E-state index in [1.165, 1.54) is 9.75 Å². The number of para-hydroxylation sites is 2. The number of anilines is 2. The summed E-state index contributed by atoms with van der Waals surface area (Å²) >= 11 is 1.74. The Morgan fingerprint density at radius 1 is 0.917 bits per heavy atom. The van der Waals surface area contributed by atoms with Crippen LogP contribution in [0.1, 0.15) is 26.3 Å². The van der Waals surface area contributed by atoms with E-state index in [2.05, 4.69) is 31.0 Å². The smallest absolute Gasteiger partial charge is 0.262 e. The summed E-state index contributed by atoms with van der Waals surface area (Å²) in [4.78, 5) is 19.8. The summed E-state index contributed by atoms with van der Waals surface area (Å²) in [5.41, 5.74) is 2.64. The van der Waals surface area contributed by atoms with E-state index >= 15 is 0 Å². The number of nitrogens with zero attached hydrogens (tertiary/aromatic N) is 2. The molecule has 3 aromatic rings. The number of benzene rings is 2. The minimum absolute atomic E-state index is 0.0472. The van der Waals surface area contributed by atoms with Crippen molar-refractivity contribution in [3.05, 3.63) is 82.0 Å². The first kappa shape index (κ1) is 15.0. The van der Waals surface area contributed by atoms with Gasteiger partial charge in [-0.1, -0.05) is 30.3 Å². The third kappa shape index (κ3) is 2.31. The monoisotopic (exact) mass is 334 g/mol. The van der Waals surface area contributed by atoms with Gasteiger partial charge >= 0.3 is 0 Å². The molecule has 3 nitrogen and oxygen atoms in total. The summed E-state index contributed by atoms with van der Waals surface area (Å²) in [6.07, 6.45) is -0.131. The summed E-state index contributed by atoms with van der Waals surface area (Å²) in [5.74, 6) is 0.0472. The van der Waals surface area contributed by atoms with Crippen LogP contribution in [0, 0.1) is 6.92 Å². The molecule has 0 aliphatic carbocycles. The van der Waals surface area contributed by atoms with E-state index in [1.807, 2.05) is 59.5 Å². The lowest BCUT2D eigenvalue weighted by Crippen LogP contribution is -2.47. The van der Waals surface area contributed by atoms with Crippen LogP contribution in [-0.4, -0.2) is 13.0 Å². The van der Waals surface area contributed by atoms with E-state index < -0.39 is 0 Å². The molecule has 4 heteroatoms. The molecule has 2 heterocycles. The number of thiophene rings is 1. The van der Waals surface area contributed by atoms with Crippen LogP contribution in [0.3, 0.4) is 0 Å². The highest BCUT2D eigenvalue weighted by Crippen LogP contribution is 2.42. The van der Waals surface area contributed by atoms with Crippen molar-refractivity contribution < 1.29 is 4.79 Å². The van der Waals surface area contributed by atoms with Gasteiger partial charge in [-0.3, -0.25) is 9.69 Å². The zero-order valence-electron chi connectivity index (χ0n) is 13.6. The molecule has 1 aromatic heterocycles. The van der Waals surface area contributed by atoms with E-state index in [4.69, 9.17) is 0 Å². The van der Waals surface area contributed by atoms with Crippen LogP contribution >= 0.6 is 11.3 Å². The predicted molar refractivity (Wildman–Crippen MR) is 99.9 cm³/mol. The lowest BCUT2D eigenvalue weighted by atomic mass is 10.0. The van der Waals surface area contributed by atoms with Crippen LogP contribution in [0.4, 0.5) is 11.4 Å². The molecule has 0 spiro atoms. The van der Waals surface area contributed by atoms with Gasteiger partial charge in [-0.05, 0) is 43.3 Å². The predicted octanol–water partition coefficient (Wildman–Crippen LogP) is 4.85. The van der Waals surface area contributed by atoms with Crippen molar-refractivity contribution >= 4 is 28.6 Å². The molecule has 4 rings (SSSR count). The van der Waals surface area contributed by atoms with Gasteiger partial charge in [0, 0.05) is 22.5 Å². The molecule has 0 fully saturated rings. The Kier molecular flexibility index (Phi) is 3.62. The number of hydrogen-bond acceptors (Lipinski definition) is 3. The van der Waals surface area contributed by atoms with E-state index in [9.17, 15) is 4.79 Å². The van der Waals surface area contributed by atoms with Crippen LogP contribution in [0.2, 0.25) is 0 Å². The Labute approximate surface area is 145 Å². The number of fused-ring (bicyclic) bond motifs is 1. The van der Waals surface area contributed by atoms with Gasteiger partial charge in [-0.25, -0.2) is 0 Å². The first-order valence-corrected chi connectivity index (χ1v) is 8.75. The number of carbonyl (C=O) groups is 1. The lowest BCUT2D eigenvalue weighted by molar-refractivity contribution is 0.0970. The van der Waals surface area contributed by atoms with Crippen LogP contribution in [0.15, 0.2) is 66.7 Å². The minimum Gasteiger partial charge on any atom is -0.349 e. The highest BCUT2D eigenvalue weighted by atomic mass is 32.1. The average Bonchev–Trinajstić information content (AvgIpc) is 3.04. The molecule has 0 saturated heterocycles. The molecule has 120 valence electrons. The molecular weight excluding hydrogens is 316 g/mol. The molecule has 1 aliphatic heterocycles. The van der Waals surface area contributed by atoms with Gasteiger partial charge in [0.1, 0.15) is 6.17 Å². The maximum atomic E-state index is 13.3. The fourth-order valence-electron chi connectivity index (χ4n) is 3.27. The Morgan fingerprint density at radius 2 is 1.62 bits per heavy atom. The maximum absolute atomic E-state index is 13.3. The Balaban J connectivity index is 1.92. The molecule has 0 bridgehead atoms. The van der Waals surface area contributed by atoms with Gasteiger partial charge in [-0.2, -0.15) is 0 Å². The average molecular weight is 334 g/mol. The number of aryl methyl sites for hydroxylation is 1. The molecule has 0 unspecified atom stereocenters. The first-order chi connectivity index (χ1) is 11.7. The van der Waals surface area contributed by atoms with Crippen molar-refractivity contribution in [1.82, 2.24) is 0 Å². The summed E-state index contributed by atoms with van der Waals surface area (Å²) in [6, 6.07) is 22.0. The normalized spacial score (nSPS) is 17.1. The van der Waals surface area contributed by atoms with E-state index in [-0.39, 0.29) is 12.1 Å². The summed E-state index contributed by atoms with van der Waals surface area (Å²) < 4.78 is 0. The van der Waals surface area contributed by atoms with Crippen molar-refractivity contribution in [2.75, 3.05) is 16.8 Å². The second-order valence-corrected chi connectivity index (χ2v) is 7.28. The number of hydrogen-bond donors (Lipinski definition) is 0.